The molecule has 6 heteroatoms. The second-order valence-electron chi connectivity index (χ2n) is 16.8. The van der Waals surface area contributed by atoms with Crippen LogP contribution in [-0.4, -0.2) is 47.4 Å². The van der Waals surface area contributed by atoms with Gasteiger partial charge in [-0.15, -0.1) is 0 Å². The Morgan fingerprint density at radius 2 is 0.759 bits per heavy atom. The summed E-state index contributed by atoms with van der Waals surface area (Å²) < 4.78 is 5.44. The fourth-order valence-corrected chi connectivity index (χ4v) is 7.64. The van der Waals surface area contributed by atoms with Crippen molar-refractivity contribution in [2.24, 2.45) is 0 Å². The molecule has 0 bridgehead atoms. The van der Waals surface area contributed by atoms with Gasteiger partial charge in [0.05, 0.1) is 25.4 Å². The first-order valence-corrected chi connectivity index (χ1v) is 24.3. The summed E-state index contributed by atoms with van der Waals surface area (Å²) in [4.78, 5) is 24.4. The SMILES string of the molecule is CCCCCCCCCCCCCCCCCCC(O)C(CO)NC(=O)CCCCCCCCCCCOC(=O)CCCCCCCCCCCCCC. The molecule has 0 aliphatic rings. The molecule has 0 heterocycles. The van der Waals surface area contributed by atoms with Gasteiger partial charge in [-0.2, -0.15) is 0 Å². The molecular formula is C48H95NO5. The fraction of sp³-hybridized carbons (Fsp3) is 0.958. The van der Waals surface area contributed by atoms with Crippen molar-refractivity contribution in [3.05, 3.63) is 0 Å². The van der Waals surface area contributed by atoms with E-state index < -0.39 is 12.1 Å². The molecular weight excluding hydrogens is 671 g/mol. The first kappa shape index (κ1) is 52.9. The zero-order valence-corrected chi connectivity index (χ0v) is 36.5. The van der Waals surface area contributed by atoms with Crippen LogP contribution in [0.15, 0.2) is 0 Å². The fourth-order valence-electron chi connectivity index (χ4n) is 7.64. The van der Waals surface area contributed by atoms with E-state index in [2.05, 4.69) is 19.2 Å². The molecule has 0 saturated carbocycles. The van der Waals surface area contributed by atoms with Gasteiger partial charge in [-0.1, -0.05) is 232 Å². The number of aliphatic hydroxyl groups is 2. The van der Waals surface area contributed by atoms with Gasteiger partial charge in [0.1, 0.15) is 0 Å². The Bertz CT molecular complexity index is 761. The number of nitrogens with one attached hydrogen (secondary N) is 1. The molecule has 0 aromatic heterocycles. The van der Waals surface area contributed by atoms with Gasteiger partial charge in [-0.05, 0) is 25.7 Å². The minimum absolute atomic E-state index is 0.0237. The van der Waals surface area contributed by atoms with Crippen LogP contribution in [0.4, 0.5) is 0 Å². The van der Waals surface area contributed by atoms with Gasteiger partial charge < -0.3 is 20.3 Å². The van der Waals surface area contributed by atoms with E-state index in [0.29, 0.717) is 25.9 Å². The van der Waals surface area contributed by atoms with Crippen LogP contribution in [0, 0.1) is 0 Å². The van der Waals surface area contributed by atoms with Crippen molar-refractivity contribution in [3.8, 4) is 0 Å². The number of hydrogen-bond acceptors (Lipinski definition) is 5. The van der Waals surface area contributed by atoms with Crippen LogP contribution >= 0.6 is 0 Å². The Labute approximate surface area is 336 Å². The van der Waals surface area contributed by atoms with Crippen LogP contribution in [0.25, 0.3) is 0 Å². The van der Waals surface area contributed by atoms with E-state index in [-0.39, 0.29) is 18.5 Å². The maximum Gasteiger partial charge on any atom is 0.305 e. The highest BCUT2D eigenvalue weighted by Crippen LogP contribution is 2.16. The topological polar surface area (TPSA) is 95.9 Å². The van der Waals surface area contributed by atoms with Gasteiger partial charge in [-0.25, -0.2) is 0 Å². The molecule has 0 aromatic rings. The summed E-state index contributed by atoms with van der Waals surface area (Å²) >= 11 is 0. The Morgan fingerprint density at radius 3 is 1.13 bits per heavy atom. The lowest BCUT2D eigenvalue weighted by atomic mass is 10.0. The molecule has 0 saturated heterocycles. The Morgan fingerprint density at radius 1 is 0.444 bits per heavy atom. The quantitative estimate of drug-likeness (QED) is 0.0424. The predicted octanol–water partition coefficient (Wildman–Crippen LogP) is 14.0. The summed E-state index contributed by atoms with van der Waals surface area (Å²) in [5.74, 6) is -0.0840. The van der Waals surface area contributed by atoms with Crippen LogP contribution in [0.1, 0.15) is 271 Å². The largest absolute Gasteiger partial charge is 0.466 e. The molecule has 0 rings (SSSR count). The van der Waals surface area contributed by atoms with Crippen molar-refractivity contribution in [2.45, 2.75) is 283 Å². The molecule has 0 spiro atoms. The monoisotopic (exact) mass is 766 g/mol. The van der Waals surface area contributed by atoms with Crippen LogP contribution < -0.4 is 5.32 Å². The number of ether oxygens (including phenoxy) is 1. The summed E-state index contributed by atoms with van der Waals surface area (Å²) in [6, 6.07) is -0.559. The van der Waals surface area contributed by atoms with Gasteiger partial charge >= 0.3 is 5.97 Å². The number of hydrogen-bond donors (Lipinski definition) is 3. The average Bonchev–Trinajstić information content (AvgIpc) is 3.17. The van der Waals surface area contributed by atoms with E-state index in [9.17, 15) is 19.8 Å². The highest BCUT2D eigenvalue weighted by atomic mass is 16.5. The number of amides is 1. The van der Waals surface area contributed by atoms with Gasteiger partial charge in [0.15, 0.2) is 0 Å². The van der Waals surface area contributed by atoms with E-state index in [4.69, 9.17) is 4.74 Å². The summed E-state index contributed by atoms with van der Waals surface area (Å²) in [7, 11) is 0. The average molecular weight is 766 g/mol. The van der Waals surface area contributed by atoms with E-state index >= 15 is 0 Å². The lowest BCUT2D eigenvalue weighted by Gasteiger charge is -2.22. The van der Waals surface area contributed by atoms with E-state index in [1.807, 2.05) is 0 Å². The lowest BCUT2D eigenvalue weighted by molar-refractivity contribution is -0.143. The molecule has 2 unspecified atom stereocenters. The third-order valence-electron chi connectivity index (χ3n) is 11.4. The molecule has 54 heavy (non-hydrogen) atoms. The number of carbonyl (C=O) groups is 2. The van der Waals surface area contributed by atoms with Crippen molar-refractivity contribution in [1.29, 1.82) is 0 Å². The predicted molar refractivity (Wildman–Crippen MR) is 232 cm³/mol. The summed E-state index contributed by atoms with van der Waals surface area (Å²) in [6.45, 7) is 4.90. The second-order valence-corrected chi connectivity index (χ2v) is 16.8. The summed E-state index contributed by atoms with van der Waals surface area (Å²) in [5.41, 5.74) is 0. The molecule has 2 atom stereocenters. The normalized spacial score (nSPS) is 12.6. The van der Waals surface area contributed by atoms with Gasteiger partial charge in [-0.3, -0.25) is 9.59 Å². The van der Waals surface area contributed by atoms with E-state index in [0.717, 1.165) is 57.8 Å². The minimum Gasteiger partial charge on any atom is -0.466 e. The van der Waals surface area contributed by atoms with Crippen LogP contribution in [0.2, 0.25) is 0 Å². The highest BCUT2D eigenvalue weighted by molar-refractivity contribution is 5.76. The molecule has 1 amide bonds. The van der Waals surface area contributed by atoms with Gasteiger partial charge in [0.2, 0.25) is 5.91 Å². The van der Waals surface area contributed by atoms with Gasteiger partial charge in [0, 0.05) is 12.8 Å². The zero-order chi connectivity index (χ0) is 39.4. The van der Waals surface area contributed by atoms with E-state index in [1.165, 1.54) is 180 Å². The number of unbranched alkanes of at least 4 members (excludes halogenated alkanes) is 34. The lowest BCUT2D eigenvalue weighted by Crippen LogP contribution is -2.45. The number of carbonyl (C=O) groups excluding carboxylic acids is 2. The van der Waals surface area contributed by atoms with Crippen molar-refractivity contribution in [3.63, 3.8) is 0 Å². The second kappa shape index (κ2) is 44.6. The number of esters is 1. The molecule has 0 aliphatic carbocycles. The number of aliphatic hydroxyl groups excluding tert-OH is 2. The van der Waals surface area contributed by atoms with Crippen LogP contribution in [-0.2, 0) is 14.3 Å². The standard InChI is InChI=1S/C48H95NO5/c1-3-5-7-9-11-13-15-17-18-19-20-21-24-28-32-36-40-46(51)45(44-50)49-47(52)41-37-33-29-25-23-27-31-35-39-43-54-48(53)42-38-34-30-26-22-16-14-12-10-8-6-4-2/h45-46,50-51H,3-44H2,1-2H3,(H,49,52). The highest BCUT2D eigenvalue weighted by Gasteiger charge is 2.20. The maximum atomic E-state index is 12.4. The summed E-state index contributed by atoms with van der Waals surface area (Å²) in [5, 5.41) is 23.2. The third kappa shape index (κ3) is 40.5. The Kier molecular flexibility index (Phi) is 43.6. The van der Waals surface area contributed by atoms with Crippen molar-refractivity contribution >= 4 is 11.9 Å². The molecule has 0 aromatic carbocycles. The summed E-state index contributed by atoms with van der Waals surface area (Å²) in [6.07, 6.45) is 47.7. The van der Waals surface area contributed by atoms with Crippen LogP contribution in [0.5, 0.6) is 0 Å². The maximum absolute atomic E-state index is 12.4. The molecule has 0 radical (unpaired) electrons. The first-order valence-electron chi connectivity index (χ1n) is 24.3. The van der Waals surface area contributed by atoms with Crippen molar-refractivity contribution < 1.29 is 24.5 Å². The minimum atomic E-state index is -0.679. The van der Waals surface area contributed by atoms with Crippen LogP contribution in [0.3, 0.4) is 0 Å². The smallest absolute Gasteiger partial charge is 0.305 e. The molecule has 3 N–H and O–H groups in total. The van der Waals surface area contributed by atoms with Crippen molar-refractivity contribution in [2.75, 3.05) is 13.2 Å². The molecule has 0 aliphatic heterocycles. The van der Waals surface area contributed by atoms with E-state index in [1.54, 1.807) is 0 Å². The Hall–Kier alpha value is -1.14. The molecule has 0 fully saturated rings. The third-order valence-corrected chi connectivity index (χ3v) is 11.4. The Balaban J connectivity index is 3.49. The molecule has 6 nitrogen and oxygen atoms in total. The van der Waals surface area contributed by atoms with Crippen molar-refractivity contribution in [1.82, 2.24) is 5.32 Å². The van der Waals surface area contributed by atoms with Gasteiger partial charge in [0.25, 0.3) is 0 Å². The number of rotatable bonds is 45. The first-order chi connectivity index (χ1) is 26.5. The molecule has 322 valence electrons. The zero-order valence-electron chi connectivity index (χ0n) is 36.5.